The van der Waals surface area contributed by atoms with Gasteiger partial charge < -0.3 is 10.0 Å². The van der Waals surface area contributed by atoms with E-state index >= 15 is 0 Å². The Balaban J connectivity index is 1.53. The normalized spacial score (nSPS) is 15.3. The van der Waals surface area contributed by atoms with Crippen LogP contribution in [0.25, 0.3) is 16.6 Å². The van der Waals surface area contributed by atoms with Gasteiger partial charge in [-0.3, -0.25) is 9.78 Å². The van der Waals surface area contributed by atoms with Crippen LogP contribution >= 0.6 is 0 Å². The van der Waals surface area contributed by atoms with E-state index in [1.54, 1.807) is 18.3 Å². The number of pyridine rings is 1. The van der Waals surface area contributed by atoms with Crippen LogP contribution in [0, 0.1) is 11.3 Å². The summed E-state index contributed by atoms with van der Waals surface area (Å²) >= 11 is 0. The molecular weight excluding hydrogens is 444 g/mol. The second-order valence-corrected chi connectivity index (χ2v) is 8.20. The number of allylic oxidation sites excluding steroid dienone is 4. The molecule has 3 aromatic heterocycles. The van der Waals surface area contributed by atoms with Crippen molar-refractivity contribution in [3.8, 4) is 6.07 Å². The molecule has 178 valence electrons. The van der Waals surface area contributed by atoms with Crippen molar-refractivity contribution in [2.75, 3.05) is 18.0 Å². The zero-order chi connectivity index (χ0) is 24.8. The highest BCUT2D eigenvalue weighted by molar-refractivity contribution is 5.87. The Morgan fingerprint density at radius 1 is 1.26 bits per heavy atom. The smallest absolute Gasteiger partial charge is 0.307 e. The number of carbonyl (C=O) groups is 1. The molecule has 0 aromatic carbocycles. The van der Waals surface area contributed by atoms with E-state index in [0.717, 1.165) is 49.4 Å². The predicted molar refractivity (Wildman–Crippen MR) is 131 cm³/mol. The van der Waals surface area contributed by atoms with Crippen molar-refractivity contribution in [2.24, 2.45) is 0 Å². The summed E-state index contributed by atoms with van der Waals surface area (Å²) in [5, 5.41) is 27.3. The molecule has 0 saturated carbocycles. The van der Waals surface area contributed by atoms with E-state index in [4.69, 9.17) is 5.11 Å². The maximum atomic E-state index is 11.0. The average Bonchev–Trinajstić information content (AvgIpc) is 3.31. The number of nitriles is 1. The van der Waals surface area contributed by atoms with E-state index in [0.29, 0.717) is 16.8 Å². The molecule has 35 heavy (non-hydrogen) atoms. The van der Waals surface area contributed by atoms with E-state index in [2.05, 4.69) is 49.7 Å². The maximum Gasteiger partial charge on any atom is 0.307 e. The monoisotopic (exact) mass is 470 g/mol. The summed E-state index contributed by atoms with van der Waals surface area (Å²) in [5.41, 5.74) is 3.79. The molecular formula is C25H26N8O2. The Kier molecular flexibility index (Phi) is 7.26. The van der Waals surface area contributed by atoms with Crippen molar-refractivity contribution >= 4 is 28.5 Å². The maximum absolute atomic E-state index is 11.0. The van der Waals surface area contributed by atoms with Crippen molar-refractivity contribution in [1.29, 1.82) is 5.26 Å². The van der Waals surface area contributed by atoms with E-state index in [1.165, 1.54) is 12.2 Å². The fraction of sp³-hybridized carbons (Fsp3) is 0.320. The number of carboxylic acid groups (broad SMARTS) is 1. The lowest BCUT2D eigenvalue weighted by Crippen LogP contribution is -2.36. The number of carboxylic acids is 1. The third-order valence-electron chi connectivity index (χ3n) is 6.00. The minimum atomic E-state index is -1.02. The van der Waals surface area contributed by atoms with E-state index in [-0.39, 0.29) is 18.0 Å². The second kappa shape index (κ2) is 10.7. The molecule has 0 spiro atoms. The average molecular weight is 471 g/mol. The highest BCUT2D eigenvalue weighted by Gasteiger charge is 2.25. The highest BCUT2D eigenvalue weighted by Crippen LogP contribution is 2.29. The van der Waals surface area contributed by atoms with Gasteiger partial charge in [-0.25, -0.2) is 14.6 Å². The molecule has 1 aliphatic rings. The molecule has 0 bridgehead atoms. The van der Waals surface area contributed by atoms with E-state index in [1.807, 2.05) is 17.1 Å². The molecule has 10 nitrogen and oxygen atoms in total. The van der Waals surface area contributed by atoms with Crippen LogP contribution in [0.2, 0.25) is 0 Å². The number of fused-ring (bicyclic) bond motifs is 1. The number of hydrogen-bond acceptors (Lipinski definition) is 8. The first-order valence-corrected chi connectivity index (χ1v) is 11.5. The lowest BCUT2D eigenvalue weighted by molar-refractivity contribution is -0.136. The van der Waals surface area contributed by atoms with Crippen LogP contribution in [0.1, 0.15) is 43.5 Å². The first kappa shape index (κ1) is 23.8. The SMILES string of the molecule is C=C/C=C(\C(C#N)=C/CC(=O)O)c1cc2nnn(C3CCN(c4ncc(CC)cn4)CC3)c2cn1. The van der Waals surface area contributed by atoms with Gasteiger partial charge in [0.15, 0.2) is 0 Å². The van der Waals surface area contributed by atoms with Gasteiger partial charge in [-0.15, -0.1) is 5.10 Å². The zero-order valence-electron chi connectivity index (χ0n) is 19.5. The molecule has 0 amide bonds. The van der Waals surface area contributed by atoms with Crippen LogP contribution in [-0.2, 0) is 11.2 Å². The first-order chi connectivity index (χ1) is 17.0. The van der Waals surface area contributed by atoms with E-state index in [9.17, 15) is 10.1 Å². The summed E-state index contributed by atoms with van der Waals surface area (Å²) in [7, 11) is 0. The van der Waals surface area contributed by atoms with Crippen molar-refractivity contribution in [2.45, 2.75) is 38.6 Å². The highest BCUT2D eigenvalue weighted by atomic mass is 16.4. The molecule has 0 atom stereocenters. The number of aryl methyl sites for hydroxylation is 1. The quantitative estimate of drug-likeness (QED) is 0.388. The van der Waals surface area contributed by atoms with Gasteiger partial charge in [-0.05, 0) is 30.9 Å². The summed E-state index contributed by atoms with van der Waals surface area (Å²) in [6.45, 7) is 7.41. The standard InChI is InChI=1S/C25H26N8O2/c1-3-5-20(18(13-26)6-7-24(34)35)21-12-22-23(16-27-21)33(31-30-22)19-8-10-32(11-9-19)25-28-14-17(4-2)15-29-25/h3,5-6,12,14-16,19H,1,4,7-11H2,2H3,(H,34,35)/b18-6-,20-5+. The fourth-order valence-electron chi connectivity index (χ4n) is 4.10. The van der Waals surface area contributed by atoms with Crippen molar-refractivity contribution < 1.29 is 9.90 Å². The number of aliphatic carboxylic acids is 1. The first-order valence-electron chi connectivity index (χ1n) is 11.5. The molecule has 0 aliphatic carbocycles. The summed E-state index contributed by atoms with van der Waals surface area (Å²) in [6.07, 6.45) is 12.4. The molecule has 1 aliphatic heterocycles. The molecule has 4 heterocycles. The Bertz CT molecular complexity index is 1330. The number of piperidine rings is 1. The predicted octanol–water partition coefficient (Wildman–Crippen LogP) is 3.51. The molecule has 3 aromatic rings. The fourth-order valence-corrected chi connectivity index (χ4v) is 4.10. The van der Waals surface area contributed by atoms with E-state index < -0.39 is 5.97 Å². The second-order valence-electron chi connectivity index (χ2n) is 8.20. The van der Waals surface area contributed by atoms with Gasteiger partial charge in [-0.2, -0.15) is 5.26 Å². The number of rotatable bonds is 8. The molecule has 0 radical (unpaired) electrons. The van der Waals surface area contributed by atoms with Gasteiger partial charge in [0.1, 0.15) is 11.0 Å². The topological polar surface area (TPSA) is 134 Å². The molecule has 10 heteroatoms. The zero-order valence-corrected chi connectivity index (χ0v) is 19.5. The Morgan fingerprint density at radius 2 is 2.00 bits per heavy atom. The Morgan fingerprint density at radius 3 is 2.63 bits per heavy atom. The van der Waals surface area contributed by atoms with Crippen LogP contribution in [0.3, 0.4) is 0 Å². The Labute approximate surface area is 202 Å². The summed E-state index contributed by atoms with van der Waals surface area (Å²) in [4.78, 5) is 26.7. The largest absolute Gasteiger partial charge is 0.481 e. The summed E-state index contributed by atoms with van der Waals surface area (Å²) in [6, 6.07) is 3.99. The van der Waals surface area contributed by atoms with Gasteiger partial charge in [-0.1, -0.05) is 36.9 Å². The minimum Gasteiger partial charge on any atom is -0.481 e. The molecule has 1 fully saturated rings. The van der Waals surface area contributed by atoms with Crippen LogP contribution in [0.15, 0.2) is 55.0 Å². The lowest BCUT2D eigenvalue weighted by Gasteiger charge is -2.32. The van der Waals surface area contributed by atoms with Crippen molar-refractivity contribution in [3.05, 3.63) is 66.3 Å². The molecule has 4 rings (SSSR count). The number of nitrogens with zero attached hydrogens (tertiary/aromatic N) is 8. The number of anilines is 1. The molecule has 1 saturated heterocycles. The van der Waals surface area contributed by atoms with Crippen molar-refractivity contribution in [3.63, 3.8) is 0 Å². The van der Waals surface area contributed by atoms with Crippen LogP contribution < -0.4 is 4.90 Å². The molecule has 1 N–H and O–H groups in total. The molecule has 0 unspecified atom stereocenters. The summed E-state index contributed by atoms with van der Waals surface area (Å²) in [5.74, 6) is -0.265. The third-order valence-corrected chi connectivity index (χ3v) is 6.00. The van der Waals surface area contributed by atoms with Crippen LogP contribution in [-0.4, -0.2) is 54.1 Å². The lowest BCUT2D eigenvalue weighted by atomic mass is 10.0. The number of aromatic nitrogens is 6. The third kappa shape index (κ3) is 5.24. The van der Waals surface area contributed by atoms with Gasteiger partial charge in [0.05, 0.1) is 36.0 Å². The van der Waals surface area contributed by atoms with Gasteiger partial charge in [0.2, 0.25) is 5.95 Å². The minimum absolute atomic E-state index is 0.173. The van der Waals surface area contributed by atoms with Gasteiger partial charge in [0, 0.05) is 31.1 Å². The van der Waals surface area contributed by atoms with Gasteiger partial charge >= 0.3 is 5.97 Å². The van der Waals surface area contributed by atoms with Crippen LogP contribution in [0.5, 0.6) is 0 Å². The number of hydrogen-bond donors (Lipinski definition) is 1. The summed E-state index contributed by atoms with van der Waals surface area (Å²) < 4.78 is 1.91. The van der Waals surface area contributed by atoms with Gasteiger partial charge in [0.25, 0.3) is 0 Å². The Hall–Kier alpha value is -4.39. The van der Waals surface area contributed by atoms with Crippen LogP contribution in [0.4, 0.5) is 5.95 Å². The van der Waals surface area contributed by atoms with Crippen molar-refractivity contribution in [1.82, 2.24) is 29.9 Å².